The van der Waals surface area contributed by atoms with Crippen LogP contribution < -0.4 is 10.1 Å². The summed E-state index contributed by atoms with van der Waals surface area (Å²) in [6.07, 6.45) is 0. The number of hydrogen-bond donors (Lipinski definition) is 1. The molecule has 0 fully saturated rings. The number of carbonyl (C=O) groups is 1. The van der Waals surface area contributed by atoms with Crippen LogP contribution >= 0.6 is 0 Å². The van der Waals surface area contributed by atoms with E-state index in [2.05, 4.69) is 19.2 Å². The van der Waals surface area contributed by atoms with Crippen molar-refractivity contribution in [3.63, 3.8) is 0 Å². The third-order valence-corrected chi connectivity index (χ3v) is 3.31. The number of amides is 1. The molecule has 3 heteroatoms. The molecule has 0 heterocycles. The molecule has 1 N–H and O–H groups in total. The van der Waals surface area contributed by atoms with Crippen molar-refractivity contribution in [3.05, 3.63) is 65.2 Å². The summed E-state index contributed by atoms with van der Waals surface area (Å²) in [5, 5.41) is 2.91. The maximum atomic E-state index is 11.9. The van der Waals surface area contributed by atoms with Crippen molar-refractivity contribution >= 4 is 5.91 Å². The van der Waals surface area contributed by atoms with Crippen LogP contribution in [0.3, 0.4) is 0 Å². The second kappa shape index (κ2) is 7.64. The fourth-order valence-corrected chi connectivity index (χ4v) is 1.95. The summed E-state index contributed by atoms with van der Waals surface area (Å²) in [5.74, 6) is 1.27. The zero-order valence-electron chi connectivity index (χ0n) is 13.4. The van der Waals surface area contributed by atoms with Gasteiger partial charge in [0.05, 0.1) is 0 Å². The van der Waals surface area contributed by atoms with Crippen LogP contribution in [0.2, 0.25) is 0 Å². The quantitative estimate of drug-likeness (QED) is 0.876. The highest BCUT2D eigenvalue weighted by Gasteiger charge is 2.06. The van der Waals surface area contributed by atoms with Gasteiger partial charge in [-0.15, -0.1) is 0 Å². The molecule has 0 radical (unpaired) electrons. The molecular formula is C19H23NO2. The predicted octanol–water partition coefficient (Wildman–Crippen LogP) is 3.96. The Morgan fingerprint density at radius 3 is 2.27 bits per heavy atom. The number of nitrogens with one attached hydrogen (secondary N) is 1. The Kier molecular flexibility index (Phi) is 5.59. The standard InChI is InChI=1S/C19H23NO2/c1-14(2)12-20-19(21)17-8-6-16(7-9-17)13-22-18-10-4-15(3)5-11-18/h4-11,14H,12-13H2,1-3H3,(H,20,21). The smallest absolute Gasteiger partial charge is 0.251 e. The molecule has 2 rings (SSSR count). The van der Waals surface area contributed by atoms with Crippen LogP contribution in [-0.2, 0) is 6.61 Å². The molecule has 0 unspecified atom stereocenters. The number of benzene rings is 2. The van der Waals surface area contributed by atoms with Crippen molar-refractivity contribution in [2.75, 3.05) is 6.54 Å². The van der Waals surface area contributed by atoms with Crippen LogP contribution in [0.4, 0.5) is 0 Å². The van der Waals surface area contributed by atoms with E-state index in [9.17, 15) is 4.79 Å². The van der Waals surface area contributed by atoms with Gasteiger partial charge in [-0.2, -0.15) is 0 Å². The average molecular weight is 297 g/mol. The highest BCUT2D eigenvalue weighted by Crippen LogP contribution is 2.14. The van der Waals surface area contributed by atoms with Crippen molar-refractivity contribution in [2.24, 2.45) is 5.92 Å². The maximum Gasteiger partial charge on any atom is 0.251 e. The second-order valence-corrected chi connectivity index (χ2v) is 5.90. The van der Waals surface area contributed by atoms with E-state index < -0.39 is 0 Å². The van der Waals surface area contributed by atoms with E-state index in [4.69, 9.17) is 4.74 Å². The molecule has 1 amide bonds. The fourth-order valence-electron chi connectivity index (χ4n) is 1.95. The first kappa shape index (κ1) is 16.1. The highest BCUT2D eigenvalue weighted by molar-refractivity contribution is 5.94. The summed E-state index contributed by atoms with van der Waals surface area (Å²) in [7, 11) is 0. The summed E-state index contributed by atoms with van der Waals surface area (Å²) in [6, 6.07) is 15.5. The monoisotopic (exact) mass is 297 g/mol. The molecule has 0 bridgehead atoms. The summed E-state index contributed by atoms with van der Waals surface area (Å²) >= 11 is 0. The Bertz CT molecular complexity index is 600. The third kappa shape index (κ3) is 4.92. The van der Waals surface area contributed by atoms with E-state index in [1.807, 2.05) is 55.5 Å². The van der Waals surface area contributed by atoms with Gasteiger partial charge in [0.2, 0.25) is 0 Å². The molecule has 0 aliphatic carbocycles. The van der Waals surface area contributed by atoms with Gasteiger partial charge in [-0.25, -0.2) is 0 Å². The molecule has 0 spiro atoms. The molecule has 0 atom stereocenters. The number of aryl methyl sites for hydroxylation is 1. The maximum absolute atomic E-state index is 11.9. The Labute approximate surface area is 132 Å². The van der Waals surface area contributed by atoms with Gasteiger partial charge >= 0.3 is 0 Å². The molecule has 0 aliphatic rings. The molecule has 2 aromatic rings. The Morgan fingerprint density at radius 1 is 1.05 bits per heavy atom. The first-order valence-corrected chi connectivity index (χ1v) is 7.61. The van der Waals surface area contributed by atoms with Crippen LogP contribution in [0.1, 0.15) is 35.3 Å². The lowest BCUT2D eigenvalue weighted by Gasteiger charge is -2.09. The van der Waals surface area contributed by atoms with Gasteiger partial charge in [0.15, 0.2) is 0 Å². The zero-order chi connectivity index (χ0) is 15.9. The van der Waals surface area contributed by atoms with Crippen molar-refractivity contribution in [1.29, 1.82) is 0 Å². The molecule has 0 aliphatic heterocycles. The van der Waals surface area contributed by atoms with Crippen LogP contribution in [0.5, 0.6) is 5.75 Å². The number of hydrogen-bond acceptors (Lipinski definition) is 2. The van der Waals surface area contributed by atoms with Crippen molar-refractivity contribution in [3.8, 4) is 5.75 Å². The highest BCUT2D eigenvalue weighted by atomic mass is 16.5. The third-order valence-electron chi connectivity index (χ3n) is 3.31. The van der Waals surface area contributed by atoms with Crippen LogP contribution in [0.15, 0.2) is 48.5 Å². The minimum atomic E-state index is -0.0281. The first-order chi connectivity index (χ1) is 10.5. The largest absolute Gasteiger partial charge is 0.489 e. The minimum Gasteiger partial charge on any atom is -0.489 e. The summed E-state index contributed by atoms with van der Waals surface area (Å²) in [6.45, 7) is 7.39. The Morgan fingerprint density at radius 2 is 1.68 bits per heavy atom. The van der Waals surface area contributed by atoms with Crippen molar-refractivity contribution in [2.45, 2.75) is 27.4 Å². The molecule has 22 heavy (non-hydrogen) atoms. The second-order valence-electron chi connectivity index (χ2n) is 5.90. The van der Waals surface area contributed by atoms with Gasteiger partial charge in [-0.05, 0) is 42.7 Å². The van der Waals surface area contributed by atoms with Gasteiger partial charge in [0.25, 0.3) is 5.91 Å². The van der Waals surface area contributed by atoms with Crippen molar-refractivity contribution in [1.82, 2.24) is 5.32 Å². The number of rotatable bonds is 6. The topological polar surface area (TPSA) is 38.3 Å². The molecule has 0 aromatic heterocycles. The molecule has 3 nitrogen and oxygen atoms in total. The first-order valence-electron chi connectivity index (χ1n) is 7.61. The van der Waals surface area contributed by atoms with Crippen LogP contribution in [-0.4, -0.2) is 12.5 Å². The van der Waals surface area contributed by atoms with Gasteiger partial charge in [-0.1, -0.05) is 43.7 Å². The van der Waals surface area contributed by atoms with E-state index in [0.29, 0.717) is 24.6 Å². The molecule has 116 valence electrons. The number of ether oxygens (including phenoxy) is 1. The van der Waals surface area contributed by atoms with Gasteiger partial charge in [-0.3, -0.25) is 4.79 Å². The molecular weight excluding hydrogens is 274 g/mol. The SMILES string of the molecule is Cc1ccc(OCc2ccc(C(=O)NCC(C)C)cc2)cc1. The molecule has 0 saturated carbocycles. The summed E-state index contributed by atoms with van der Waals surface area (Å²) < 4.78 is 5.73. The van der Waals surface area contributed by atoms with E-state index >= 15 is 0 Å². The lowest BCUT2D eigenvalue weighted by atomic mass is 10.1. The van der Waals surface area contributed by atoms with E-state index in [0.717, 1.165) is 11.3 Å². The van der Waals surface area contributed by atoms with Crippen LogP contribution in [0, 0.1) is 12.8 Å². The fraction of sp³-hybridized carbons (Fsp3) is 0.316. The zero-order valence-corrected chi connectivity index (χ0v) is 13.4. The minimum absolute atomic E-state index is 0.0281. The van der Waals surface area contributed by atoms with Gasteiger partial charge < -0.3 is 10.1 Å². The molecule has 0 saturated heterocycles. The van der Waals surface area contributed by atoms with Gasteiger partial charge in [0, 0.05) is 12.1 Å². The lowest BCUT2D eigenvalue weighted by molar-refractivity contribution is 0.0949. The average Bonchev–Trinajstić information content (AvgIpc) is 2.52. The van der Waals surface area contributed by atoms with E-state index in [1.54, 1.807) is 0 Å². The molecule has 2 aromatic carbocycles. The summed E-state index contributed by atoms with van der Waals surface area (Å²) in [4.78, 5) is 11.9. The number of carbonyl (C=O) groups excluding carboxylic acids is 1. The van der Waals surface area contributed by atoms with E-state index in [1.165, 1.54) is 5.56 Å². The van der Waals surface area contributed by atoms with Gasteiger partial charge in [0.1, 0.15) is 12.4 Å². The summed E-state index contributed by atoms with van der Waals surface area (Å²) in [5.41, 5.74) is 2.94. The Balaban J connectivity index is 1.88. The van der Waals surface area contributed by atoms with E-state index in [-0.39, 0.29) is 5.91 Å². The normalized spacial score (nSPS) is 10.5. The Hall–Kier alpha value is -2.29. The lowest BCUT2D eigenvalue weighted by Crippen LogP contribution is -2.27. The van der Waals surface area contributed by atoms with Crippen molar-refractivity contribution < 1.29 is 9.53 Å². The predicted molar refractivity (Wildman–Crippen MR) is 89.1 cm³/mol. The van der Waals surface area contributed by atoms with Crippen LogP contribution in [0.25, 0.3) is 0 Å².